The monoisotopic (exact) mass is 249 g/mol. The lowest BCUT2D eigenvalue weighted by atomic mass is 9.97. The van der Waals surface area contributed by atoms with Crippen LogP contribution in [-0.4, -0.2) is 28.8 Å². The van der Waals surface area contributed by atoms with Crippen LogP contribution >= 0.6 is 0 Å². The highest BCUT2D eigenvalue weighted by molar-refractivity contribution is 5.41. The molecule has 0 spiro atoms. The lowest BCUT2D eigenvalue weighted by Gasteiger charge is -2.37. The van der Waals surface area contributed by atoms with E-state index in [4.69, 9.17) is 5.73 Å². The molecule has 2 heterocycles. The first kappa shape index (κ1) is 13.3. The Balaban J connectivity index is 2.11. The molecule has 18 heavy (non-hydrogen) atoms. The molecule has 0 aliphatic carbocycles. The van der Waals surface area contributed by atoms with E-state index >= 15 is 0 Å². The summed E-state index contributed by atoms with van der Waals surface area (Å²) in [6.07, 6.45) is 6.01. The van der Waals surface area contributed by atoms with Crippen LogP contribution in [0.4, 0.5) is 5.82 Å². The molecule has 1 aliphatic heterocycles. The Morgan fingerprint density at radius 1 is 1.50 bits per heavy atom. The van der Waals surface area contributed by atoms with Crippen molar-refractivity contribution in [3.8, 4) is 0 Å². The lowest BCUT2D eigenvalue weighted by Crippen LogP contribution is -2.41. The van der Waals surface area contributed by atoms with Gasteiger partial charge in [0.15, 0.2) is 0 Å². The molecule has 0 amide bonds. The summed E-state index contributed by atoms with van der Waals surface area (Å²) in [5.74, 6) is 1.01. The zero-order chi connectivity index (χ0) is 13.0. The van der Waals surface area contributed by atoms with Gasteiger partial charge in [-0.15, -0.1) is 0 Å². The van der Waals surface area contributed by atoms with E-state index < -0.39 is 0 Å². The number of hydrogen-bond donors (Lipinski definition) is 2. The van der Waals surface area contributed by atoms with Crippen molar-refractivity contribution in [2.24, 2.45) is 5.73 Å². The SMILES string of the molecule is CC(O)CC1CCCCN1c1ccc(CN)cn1. The van der Waals surface area contributed by atoms with Gasteiger partial charge in [0.2, 0.25) is 0 Å². The van der Waals surface area contributed by atoms with E-state index in [0.29, 0.717) is 12.6 Å². The smallest absolute Gasteiger partial charge is 0.128 e. The summed E-state index contributed by atoms with van der Waals surface area (Å²) >= 11 is 0. The molecular formula is C14H23N3O. The summed E-state index contributed by atoms with van der Waals surface area (Å²) in [5.41, 5.74) is 6.64. The highest BCUT2D eigenvalue weighted by atomic mass is 16.3. The van der Waals surface area contributed by atoms with E-state index in [0.717, 1.165) is 30.8 Å². The average molecular weight is 249 g/mol. The first-order chi connectivity index (χ1) is 8.70. The van der Waals surface area contributed by atoms with Crippen molar-refractivity contribution >= 4 is 5.82 Å². The number of rotatable bonds is 4. The van der Waals surface area contributed by atoms with Gasteiger partial charge in [-0.25, -0.2) is 4.98 Å². The number of anilines is 1. The number of aliphatic hydroxyl groups excluding tert-OH is 1. The normalized spacial score (nSPS) is 21.9. The molecule has 1 aromatic heterocycles. The predicted molar refractivity (Wildman–Crippen MR) is 73.4 cm³/mol. The van der Waals surface area contributed by atoms with Crippen LogP contribution in [0.1, 0.15) is 38.2 Å². The molecule has 1 aliphatic rings. The molecule has 3 N–H and O–H groups in total. The standard InChI is InChI=1S/C14H23N3O/c1-11(18)8-13-4-2-3-7-17(13)14-6-5-12(9-15)10-16-14/h5-6,10-11,13,18H,2-4,7-9,15H2,1H3. The minimum absolute atomic E-state index is 0.251. The van der Waals surface area contributed by atoms with Gasteiger partial charge in [-0.05, 0) is 44.2 Å². The van der Waals surface area contributed by atoms with Crippen molar-refractivity contribution in [1.82, 2.24) is 4.98 Å². The third kappa shape index (κ3) is 3.21. The zero-order valence-corrected chi connectivity index (χ0v) is 11.0. The molecular weight excluding hydrogens is 226 g/mol. The van der Waals surface area contributed by atoms with Crippen LogP contribution in [0.2, 0.25) is 0 Å². The van der Waals surface area contributed by atoms with Crippen LogP contribution < -0.4 is 10.6 Å². The second-order valence-electron chi connectivity index (χ2n) is 5.16. The highest BCUT2D eigenvalue weighted by Gasteiger charge is 2.24. The summed E-state index contributed by atoms with van der Waals surface area (Å²) in [5, 5.41) is 9.59. The van der Waals surface area contributed by atoms with Crippen molar-refractivity contribution in [2.75, 3.05) is 11.4 Å². The van der Waals surface area contributed by atoms with E-state index in [-0.39, 0.29) is 6.10 Å². The predicted octanol–water partition coefficient (Wildman–Crippen LogP) is 1.67. The summed E-state index contributed by atoms with van der Waals surface area (Å²) < 4.78 is 0. The zero-order valence-electron chi connectivity index (χ0n) is 11.0. The van der Waals surface area contributed by atoms with E-state index in [1.807, 2.05) is 25.3 Å². The molecule has 4 nitrogen and oxygen atoms in total. The summed E-state index contributed by atoms with van der Waals surface area (Å²) in [4.78, 5) is 6.82. The molecule has 0 bridgehead atoms. The van der Waals surface area contributed by atoms with Gasteiger partial charge >= 0.3 is 0 Å². The van der Waals surface area contributed by atoms with Gasteiger partial charge in [0.25, 0.3) is 0 Å². The third-order valence-electron chi connectivity index (χ3n) is 3.58. The van der Waals surface area contributed by atoms with Gasteiger partial charge in [-0.2, -0.15) is 0 Å². The topological polar surface area (TPSA) is 62.4 Å². The van der Waals surface area contributed by atoms with Crippen molar-refractivity contribution in [2.45, 2.75) is 51.3 Å². The molecule has 0 radical (unpaired) electrons. The molecule has 1 fully saturated rings. The van der Waals surface area contributed by atoms with Gasteiger partial charge in [0.1, 0.15) is 5.82 Å². The van der Waals surface area contributed by atoms with E-state index in [9.17, 15) is 5.11 Å². The van der Waals surface area contributed by atoms with E-state index in [2.05, 4.69) is 9.88 Å². The molecule has 1 aromatic rings. The van der Waals surface area contributed by atoms with Crippen LogP contribution in [0.25, 0.3) is 0 Å². The Kier molecular flexibility index (Phi) is 4.55. The highest BCUT2D eigenvalue weighted by Crippen LogP contribution is 2.25. The first-order valence-electron chi connectivity index (χ1n) is 6.80. The minimum Gasteiger partial charge on any atom is -0.393 e. The summed E-state index contributed by atoms with van der Waals surface area (Å²) in [6.45, 7) is 3.43. The summed E-state index contributed by atoms with van der Waals surface area (Å²) in [7, 11) is 0. The Labute approximate surface area is 109 Å². The van der Waals surface area contributed by atoms with Crippen LogP contribution in [0.3, 0.4) is 0 Å². The number of aliphatic hydroxyl groups is 1. The van der Waals surface area contributed by atoms with Crippen LogP contribution in [0, 0.1) is 0 Å². The van der Waals surface area contributed by atoms with E-state index in [1.54, 1.807) is 0 Å². The van der Waals surface area contributed by atoms with Gasteiger partial charge in [-0.1, -0.05) is 6.07 Å². The van der Waals surface area contributed by atoms with Gasteiger partial charge in [-0.3, -0.25) is 0 Å². The molecule has 0 saturated carbocycles. The molecule has 100 valence electrons. The first-order valence-corrected chi connectivity index (χ1v) is 6.80. The lowest BCUT2D eigenvalue weighted by molar-refractivity contribution is 0.167. The fourth-order valence-corrected chi connectivity index (χ4v) is 2.65. The third-order valence-corrected chi connectivity index (χ3v) is 3.58. The largest absolute Gasteiger partial charge is 0.393 e. The molecule has 1 saturated heterocycles. The Hall–Kier alpha value is -1.13. The average Bonchev–Trinajstić information content (AvgIpc) is 2.39. The number of nitrogens with zero attached hydrogens (tertiary/aromatic N) is 2. The van der Waals surface area contributed by atoms with Crippen molar-refractivity contribution < 1.29 is 5.11 Å². The fourth-order valence-electron chi connectivity index (χ4n) is 2.65. The minimum atomic E-state index is -0.251. The molecule has 2 atom stereocenters. The number of pyridine rings is 1. The van der Waals surface area contributed by atoms with Gasteiger partial charge in [0, 0.05) is 25.3 Å². The maximum Gasteiger partial charge on any atom is 0.128 e. The quantitative estimate of drug-likeness (QED) is 0.852. The van der Waals surface area contributed by atoms with Crippen molar-refractivity contribution in [1.29, 1.82) is 0 Å². The van der Waals surface area contributed by atoms with Crippen molar-refractivity contribution in [3.05, 3.63) is 23.9 Å². The second kappa shape index (κ2) is 6.16. The second-order valence-corrected chi connectivity index (χ2v) is 5.16. The summed E-state index contributed by atoms with van der Waals surface area (Å²) in [6, 6.07) is 4.49. The van der Waals surface area contributed by atoms with Crippen LogP contribution in [-0.2, 0) is 6.54 Å². The van der Waals surface area contributed by atoms with Gasteiger partial charge in [0.05, 0.1) is 6.10 Å². The number of nitrogens with two attached hydrogens (primary N) is 1. The van der Waals surface area contributed by atoms with Crippen LogP contribution in [0.15, 0.2) is 18.3 Å². The fraction of sp³-hybridized carbons (Fsp3) is 0.643. The van der Waals surface area contributed by atoms with E-state index in [1.165, 1.54) is 12.8 Å². The van der Waals surface area contributed by atoms with Crippen LogP contribution in [0.5, 0.6) is 0 Å². The Morgan fingerprint density at radius 2 is 2.33 bits per heavy atom. The number of hydrogen-bond acceptors (Lipinski definition) is 4. The van der Waals surface area contributed by atoms with Gasteiger partial charge < -0.3 is 15.7 Å². The van der Waals surface area contributed by atoms with Crippen molar-refractivity contribution in [3.63, 3.8) is 0 Å². The molecule has 2 unspecified atom stereocenters. The maximum atomic E-state index is 9.59. The Bertz CT molecular complexity index is 364. The number of piperidine rings is 1. The molecule has 2 rings (SSSR count). The Morgan fingerprint density at radius 3 is 2.94 bits per heavy atom. The number of aromatic nitrogens is 1. The molecule has 0 aromatic carbocycles. The maximum absolute atomic E-state index is 9.59. The molecule has 4 heteroatoms.